The van der Waals surface area contributed by atoms with Crippen molar-refractivity contribution in [2.24, 2.45) is 10.9 Å². The molecule has 0 saturated heterocycles. The Bertz CT molecular complexity index is 1590. The number of methoxy groups -OCH3 is 1. The minimum atomic E-state index is -3.23. The van der Waals surface area contributed by atoms with Gasteiger partial charge in [-0.25, -0.2) is 8.78 Å². The summed E-state index contributed by atoms with van der Waals surface area (Å²) < 4.78 is 58.3. The highest BCUT2D eigenvalue weighted by Crippen LogP contribution is 2.33. The van der Waals surface area contributed by atoms with Crippen molar-refractivity contribution in [2.45, 2.75) is 31.7 Å². The van der Waals surface area contributed by atoms with Crippen LogP contribution in [0, 0.1) is 5.92 Å². The first-order chi connectivity index (χ1) is 21.8. The van der Waals surface area contributed by atoms with E-state index >= 15 is 0 Å². The lowest BCUT2D eigenvalue weighted by atomic mass is 9.79. The van der Waals surface area contributed by atoms with Gasteiger partial charge in [0.25, 0.3) is 6.36 Å². The number of hydrogen-bond acceptors (Lipinski definition) is 4. The molecule has 8 heteroatoms. The molecular weight excluding hydrogens is 580 g/mol. The van der Waals surface area contributed by atoms with Crippen LogP contribution < -0.4 is 14.8 Å². The van der Waals surface area contributed by atoms with Crippen molar-refractivity contribution in [1.29, 1.82) is 0 Å². The molecule has 1 N–H and O–H groups in total. The molecule has 4 aromatic rings. The molecule has 1 unspecified atom stereocenters. The van der Waals surface area contributed by atoms with Gasteiger partial charge in [0.2, 0.25) is 0 Å². The molecule has 0 bridgehead atoms. The third kappa shape index (κ3) is 9.57. The van der Waals surface area contributed by atoms with Crippen molar-refractivity contribution in [3.63, 3.8) is 0 Å². The van der Waals surface area contributed by atoms with Crippen LogP contribution in [0.1, 0.15) is 18.1 Å². The molecule has 0 fully saturated rings. The van der Waals surface area contributed by atoms with Gasteiger partial charge in [0.15, 0.2) is 0 Å². The Balaban J connectivity index is 0.000000326. The topological polar surface area (TPSA) is 42.9 Å². The van der Waals surface area contributed by atoms with Crippen LogP contribution in [0.25, 0.3) is 10.8 Å². The van der Waals surface area contributed by atoms with E-state index in [4.69, 9.17) is 9.47 Å². The molecule has 0 aromatic heterocycles. The monoisotopic (exact) mass is 618 g/mol. The minimum Gasteiger partial charge on any atom is -0.497 e. The highest BCUT2D eigenvalue weighted by atomic mass is 19.3. The number of nitrogens with zero attached hydrogens (tertiary/aromatic N) is 1. The zero-order valence-electron chi connectivity index (χ0n) is 25.5. The van der Waals surface area contributed by atoms with Crippen LogP contribution in [0.3, 0.4) is 0 Å². The number of halogens is 4. The van der Waals surface area contributed by atoms with Crippen molar-refractivity contribution in [1.82, 2.24) is 5.32 Å². The molecule has 4 nitrogen and oxygen atoms in total. The highest BCUT2D eigenvalue weighted by molar-refractivity contribution is 6.04. The summed E-state index contributed by atoms with van der Waals surface area (Å²) in [6.45, 7) is 5.89. The largest absolute Gasteiger partial charge is 0.497 e. The van der Waals surface area contributed by atoms with Crippen LogP contribution in [0.5, 0.6) is 11.5 Å². The van der Waals surface area contributed by atoms with Crippen LogP contribution in [-0.2, 0) is 12.0 Å². The second-order valence-electron chi connectivity index (χ2n) is 10.0. The molecule has 0 spiro atoms. The molecule has 4 aromatic carbocycles. The molecule has 1 aliphatic rings. The summed E-state index contributed by atoms with van der Waals surface area (Å²) >= 11 is 0. The molecule has 0 amide bonds. The second kappa shape index (κ2) is 17.4. The first-order valence-corrected chi connectivity index (χ1v) is 14.3. The SMILES string of the molecule is C=CN[C@](Cc1ccccc1)(C1=NC=C[C@@H](C)C=C1)c1cccc(OC(F)C(F)F)c1.CF.COc1ccc2ccccc2c1. The Labute approximate surface area is 262 Å². The number of hydrogen-bond donors (Lipinski definition) is 1. The van der Waals surface area contributed by atoms with Crippen LogP contribution in [0.4, 0.5) is 17.6 Å². The van der Waals surface area contributed by atoms with E-state index in [1.807, 2.05) is 85.8 Å². The maximum Gasteiger partial charge on any atom is 0.304 e. The van der Waals surface area contributed by atoms with E-state index in [9.17, 15) is 17.6 Å². The van der Waals surface area contributed by atoms with Crippen molar-refractivity contribution in [3.05, 3.63) is 145 Å². The number of allylic oxidation sites excluding steroid dienone is 2. The standard InChI is InChI=1S/C25H25F3N2O.C11H10O.CH3F/c1-3-30-25(17-19-8-5-4-6-9-19,22-13-12-18(2)14-15-29-22)20-10-7-11-21(16-20)31-24(28)23(26)27;1-12-11-7-6-9-4-2-3-5-10(9)8-11;1-2/h3-16,18,23-24,30H,1,17H2,2H3;2-8H,1H3;1H3/t18-,24?,25-;;/m0../s1. The van der Waals surface area contributed by atoms with E-state index in [-0.39, 0.29) is 11.7 Å². The van der Waals surface area contributed by atoms with Gasteiger partial charge in [-0.15, -0.1) is 0 Å². The Kier molecular flexibility index (Phi) is 13.4. The Morgan fingerprint density at radius 3 is 2.27 bits per heavy atom. The fraction of sp³-hybridized carbons (Fsp3) is 0.216. The van der Waals surface area contributed by atoms with Crippen LogP contribution >= 0.6 is 0 Å². The highest BCUT2D eigenvalue weighted by Gasteiger charge is 2.37. The van der Waals surface area contributed by atoms with Gasteiger partial charge >= 0.3 is 6.43 Å². The summed E-state index contributed by atoms with van der Waals surface area (Å²) in [5.41, 5.74) is 1.53. The Hall–Kier alpha value is -4.85. The zero-order chi connectivity index (χ0) is 32.7. The van der Waals surface area contributed by atoms with Crippen LogP contribution in [-0.4, -0.2) is 32.8 Å². The van der Waals surface area contributed by atoms with Crippen molar-refractivity contribution < 1.29 is 27.0 Å². The van der Waals surface area contributed by atoms with Crippen LogP contribution in [0.2, 0.25) is 0 Å². The molecular formula is C37H38F4N2O2. The lowest BCUT2D eigenvalue weighted by Crippen LogP contribution is -2.48. The molecule has 0 aliphatic carbocycles. The van der Waals surface area contributed by atoms with Gasteiger partial charge in [-0.2, -0.15) is 4.39 Å². The van der Waals surface area contributed by atoms with Crippen molar-refractivity contribution >= 4 is 16.5 Å². The zero-order valence-corrected chi connectivity index (χ0v) is 25.5. The smallest absolute Gasteiger partial charge is 0.304 e. The summed E-state index contributed by atoms with van der Waals surface area (Å²) in [4.78, 5) is 4.66. The molecule has 45 heavy (non-hydrogen) atoms. The number of aliphatic imine (C=N–C) groups is 1. The first-order valence-electron chi connectivity index (χ1n) is 14.3. The second-order valence-corrected chi connectivity index (χ2v) is 10.0. The molecule has 0 radical (unpaired) electrons. The molecule has 3 atom stereocenters. The number of rotatable bonds is 10. The van der Waals surface area contributed by atoms with Crippen molar-refractivity contribution in [2.75, 3.05) is 14.3 Å². The van der Waals surface area contributed by atoms with E-state index in [0.717, 1.165) is 11.3 Å². The predicted molar refractivity (Wildman–Crippen MR) is 176 cm³/mol. The molecule has 236 valence electrons. The van der Waals surface area contributed by atoms with Gasteiger partial charge in [-0.3, -0.25) is 9.38 Å². The van der Waals surface area contributed by atoms with Gasteiger partial charge in [-0.1, -0.05) is 98.5 Å². The maximum atomic E-state index is 13.5. The fourth-order valence-electron chi connectivity index (χ4n) is 4.80. The Morgan fingerprint density at radius 1 is 0.867 bits per heavy atom. The lowest BCUT2D eigenvalue weighted by molar-refractivity contribution is -0.0669. The van der Waals surface area contributed by atoms with E-state index in [0.29, 0.717) is 24.9 Å². The average Bonchev–Trinajstić information content (AvgIpc) is 3.30. The number of ether oxygens (including phenoxy) is 2. The molecule has 1 aliphatic heterocycles. The van der Waals surface area contributed by atoms with Crippen molar-refractivity contribution in [3.8, 4) is 11.5 Å². The van der Waals surface area contributed by atoms with Gasteiger partial charge < -0.3 is 14.8 Å². The summed E-state index contributed by atoms with van der Waals surface area (Å²) in [5.74, 6) is 1.12. The minimum absolute atomic E-state index is 0.00992. The third-order valence-corrected chi connectivity index (χ3v) is 6.99. The normalized spacial score (nSPS) is 15.6. The number of nitrogens with one attached hydrogen (secondary N) is 1. The average molecular weight is 619 g/mol. The van der Waals surface area contributed by atoms with Crippen LogP contribution in [0.15, 0.2) is 139 Å². The first kappa shape index (κ1) is 34.6. The van der Waals surface area contributed by atoms with E-state index in [1.54, 1.807) is 31.6 Å². The third-order valence-electron chi connectivity index (χ3n) is 6.99. The van der Waals surface area contributed by atoms with Gasteiger partial charge in [0, 0.05) is 12.6 Å². The molecule has 1 heterocycles. The molecule has 5 rings (SSSR count). The lowest BCUT2D eigenvalue weighted by Gasteiger charge is -2.36. The summed E-state index contributed by atoms with van der Waals surface area (Å²) in [6.07, 6.45) is 3.82. The van der Waals surface area contributed by atoms with E-state index < -0.39 is 18.3 Å². The quantitative estimate of drug-likeness (QED) is 0.180. The number of benzene rings is 4. The number of alkyl halides is 4. The predicted octanol–water partition coefficient (Wildman–Crippen LogP) is 9.39. The summed E-state index contributed by atoms with van der Waals surface area (Å²) in [7, 11) is 2.18. The van der Waals surface area contributed by atoms with E-state index in [1.165, 1.54) is 16.8 Å². The van der Waals surface area contributed by atoms with Gasteiger partial charge in [0.05, 0.1) is 20.0 Å². The fourth-order valence-corrected chi connectivity index (χ4v) is 4.80. The summed E-state index contributed by atoms with van der Waals surface area (Å²) in [6, 6.07) is 30.6. The van der Waals surface area contributed by atoms with Gasteiger partial charge in [0.1, 0.15) is 17.0 Å². The van der Waals surface area contributed by atoms with E-state index in [2.05, 4.69) is 35.1 Å². The Morgan fingerprint density at radius 2 is 1.58 bits per heavy atom. The van der Waals surface area contributed by atoms with Gasteiger partial charge in [-0.05, 0) is 64.4 Å². The molecule has 0 saturated carbocycles. The number of fused-ring (bicyclic) bond motifs is 1. The summed E-state index contributed by atoms with van der Waals surface area (Å²) in [5, 5.41) is 5.79. The maximum absolute atomic E-state index is 13.5.